The number of amides is 5. The summed E-state index contributed by atoms with van der Waals surface area (Å²) in [5.41, 5.74) is -0.773. The molecule has 172 valence electrons. The Kier molecular flexibility index (Phi) is 5.20. The Labute approximate surface area is 193 Å². The topological polar surface area (TPSA) is 108 Å². The number of imide groups is 1. The predicted molar refractivity (Wildman–Crippen MR) is 117 cm³/mol. The fourth-order valence-corrected chi connectivity index (χ4v) is 4.88. The van der Waals surface area contributed by atoms with Crippen molar-refractivity contribution in [2.24, 2.45) is 0 Å². The number of fused-ring (bicyclic) bond motifs is 1. The second-order valence-corrected chi connectivity index (χ2v) is 9.11. The molecule has 5 rings (SSSR count). The van der Waals surface area contributed by atoms with Crippen LogP contribution in [0.3, 0.4) is 0 Å². The number of hydrogen-bond donors (Lipinski definition) is 1. The van der Waals surface area contributed by atoms with Gasteiger partial charge in [0.2, 0.25) is 12.7 Å². The molecule has 1 unspecified atom stereocenters. The highest BCUT2D eigenvalue weighted by Gasteiger charge is 2.50. The minimum atomic E-state index is -1.32. The summed E-state index contributed by atoms with van der Waals surface area (Å²) in [6, 6.07) is 8.02. The molecular weight excluding hydrogens is 448 g/mol. The van der Waals surface area contributed by atoms with Crippen molar-refractivity contribution in [1.82, 2.24) is 20.0 Å². The third kappa shape index (κ3) is 3.67. The molecule has 11 heteroatoms. The second kappa shape index (κ2) is 8.07. The maximum absolute atomic E-state index is 13.2. The standard InChI is InChI=1S/C22H22N4O6S/c1-22(14-4-5-15-16(11-14)32-13-31-15)20(29)26(21(30)23-22)12-18(27)24-6-8-25(9-7-24)19(28)17-3-2-10-33-17/h2-5,10-11H,6-9,12-13H2,1H3,(H,23,30). The van der Waals surface area contributed by atoms with Crippen LogP contribution in [0.15, 0.2) is 35.7 Å². The number of nitrogens with one attached hydrogen (secondary N) is 1. The van der Waals surface area contributed by atoms with Gasteiger partial charge >= 0.3 is 6.03 Å². The number of hydrogen-bond acceptors (Lipinski definition) is 7. The lowest BCUT2D eigenvalue weighted by Crippen LogP contribution is -2.53. The molecule has 10 nitrogen and oxygen atoms in total. The highest BCUT2D eigenvalue weighted by Crippen LogP contribution is 2.37. The summed E-state index contributed by atoms with van der Waals surface area (Å²) in [4.78, 5) is 56.0. The summed E-state index contributed by atoms with van der Waals surface area (Å²) in [5, 5.41) is 4.55. The molecule has 2 saturated heterocycles. The Hall–Kier alpha value is -3.60. The number of thiophene rings is 1. The second-order valence-electron chi connectivity index (χ2n) is 8.16. The van der Waals surface area contributed by atoms with Crippen LogP contribution in [0.4, 0.5) is 4.79 Å². The molecule has 5 amide bonds. The SMILES string of the molecule is CC1(c2ccc3c(c2)OCO3)NC(=O)N(CC(=O)N2CCN(C(=O)c3cccs3)CC2)C1=O. The number of rotatable bonds is 4. The van der Waals surface area contributed by atoms with Crippen LogP contribution in [0.25, 0.3) is 0 Å². The van der Waals surface area contributed by atoms with Crippen LogP contribution in [-0.4, -0.2) is 78.0 Å². The molecule has 3 aliphatic rings. The van der Waals surface area contributed by atoms with Gasteiger partial charge in [-0.15, -0.1) is 11.3 Å². The molecule has 0 bridgehead atoms. The highest BCUT2D eigenvalue weighted by atomic mass is 32.1. The lowest BCUT2D eigenvalue weighted by Gasteiger charge is -2.35. The van der Waals surface area contributed by atoms with Crippen molar-refractivity contribution in [3.8, 4) is 11.5 Å². The molecule has 33 heavy (non-hydrogen) atoms. The first-order valence-corrected chi connectivity index (χ1v) is 11.4. The van der Waals surface area contributed by atoms with E-state index in [4.69, 9.17) is 9.47 Å². The molecule has 0 saturated carbocycles. The van der Waals surface area contributed by atoms with Gasteiger partial charge in [0.25, 0.3) is 11.8 Å². The van der Waals surface area contributed by atoms with Crippen LogP contribution in [0, 0.1) is 0 Å². The Balaban J connectivity index is 1.22. The van der Waals surface area contributed by atoms with E-state index in [2.05, 4.69) is 5.32 Å². The normalized spacial score (nSPS) is 22.0. The maximum Gasteiger partial charge on any atom is 0.325 e. The molecule has 1 atom stereocenters. The first-order valence-electron chi connectivity index (χ1n) is 10.5. The van der Waals surface area contributed by atoms with Gasteiger partial charge in [0.1, 0.15) is 12.1 Å². The van der Waals surface area contributed by atoms with E-state index in [1.54, 1.807) is 41.0 Å². The van der Waals surface area contributed by atoms with E-state index in [-0.39, 0.29) is 25.2 Å². The summed E-state index contributed by atoms with van der Waals surface area (Å²) < 4.78 is 10.7. The third-order valence-corrected chi connectivity index (χ3v) is 7.03. The van der Waals surface area contributed by atoms with Gasteiger partial charge in [-0.1, -0.05) is 12.1 Å². The molecule has 1 aromatic carbocycles. The predicted octanol–water partition coefficient (Wildman–Crippen LogP) is 1.23. The lowest BCUT2D eigenvalue weighted by atomic mass is 9.91. The van der Waals surface area contributed by atoms with Gasteiger partial charge in [-0.3, -0.25) is 19.3 Å². The summed E-state index contributed by atoms with van der Waals surface area (Å²) in [6.45, 7) is 2.84. The summed E-state index contributed by atoms with van der Waals surface area (Å²) >= 11 is 1.38. The van der Waals surface area contributed by atoms with Crippen molar-refractivity contribution >= 4 is 35.1 Å². The van der Waals surface area contributed by atoms with Crippen molar-refractivity contribution < 1.29 is 28.7 Å². The number of urea groups is 1. The minimum Gasteiger partial charge on any atom is -0.454 e. The van der Waals surface area contributed by atoms with E-state index in [1.807, 2.05) is 11.4 Å². The molecule has 0 radical (unpaired) electrons. The van der Waals surface area contributed by atoms with Crippen LogP contribution in [0.2, 0.25) is 0 Å². The highest BCUT2D eigenvalue weighted by molar-refractivity contribution is 7.12. The Morgan fingerprint density at radius 1 is 1.06 bits per heavy atom. The van der Waals surface area contributed by atoms with E-state index in [1.165, 1.54) is 11.3 Å². The third-order valence-electron chi connectivity index (χ3n) is 6.17. The molecule has 4 heterocycles. The Bertz CT molecular complexity index is 1130. The zero-order valence-corrected chi connectivity index (χ0v) is 18.7. The Morgan fingerprint density at radius 3 is 2.52 bits per heavy atom. The quantitative estimate of drug-likeness (QED) is 0.674. The van der Waals surface area contributed by atoms with Crippen LogP contribution in [0.5, 0.6) is 11.5 Å². The molecule has 2 aromatic rings. The number of carbonyl (C=O) groups excluding carboxylic acids is 4. The van der Waals surface area contributed by atoms with E-state index in [0.717, 1.165) is 4.90 Å². The van der Waals surface area contributed by atoms with Gasteiger partial charge < -0.3 is 24.6 Å². The number of nitrogens with zero attached hydrogens (tertiary/aromatic N) is 3. The first-order chi connectivity index (χ1) is 15.9. The Morgan fingerprint density at radius 2 is 1.79 bits per heavy atom. The summed E-state index contributed by atoms with van der Waals surface area (Å²) in [7, 11) is 0. The van der Waals surface area contributed by atoms with Crippen molar-refractivity contribution in [3.63, 3.8) is 0 Å². The van der Waals surface area contributed by atoms with Gasteiger partial charge in [0, 0.05) is 26.2 Å². The van der Waals surface area contributed by atoms with Crippen molar-refractivity contribution in [2.75, 3.05) is 39.5 Å². The number of benzene rings is 1. The van der Waals surface area contributed by atoms with Gasteiger partial charge in [-0.2, -0.15) is 0 Å². The van der Waals surface area contributed by atoms with Gasteiger partial charge in [-0.05, 0) is 36.1 Å². The molecule has 3 aliphatic heterocycles. The first kappa shape index (κ1) is 21.3. The average molecular weight is 471 g/mol. The molecule has 1 N–H and O–H groups in total. The molecule has 2 fully saturated rings. The maximum atomic E-state index is 13.2. The van der Waals surface area contributed by atoms with E-state index in [9.17, 15) is 19.2 Å². The zero-order valence-electron chi connectivity index (χ0n) is 17.9. The fraction of sp³-hybridized carbons (Fsp3) is 0.364. The van der Waals surface area contributed by atoms with Crippen LogP contribution in [-0.2, 0) is 15.1 Å². The summed E-state index contributed by atoms with van der Waals surface area (Å²) in [6.07, 6.45) is 0. The monoisotopic (exact) mass is 470 g/mol. The average Bonchev–Trinajstić information content (AvgIpc) is 3.56. The van der Waals surface area contributed by atoms with Gasteiger partial charge in [0.05, 0.1) is 4.88 Å². The molecular formula is C22H22N4O6S. The molecule has 1 aromatic heterocycles. The van der Waals surface area contributed by atoms with Crippen LogP contribution in [0.1, 0.15) is 22.2 Å². The number of piperazine rings is 1. The van der Waals surface area contributed by atoms with E-state index >= 15 is 0 Å². The zero-order chi connectivity index (χ0) is 23.2. The summed E-state index contributed by atoms with van der Waals surface area (Å²) in [5.74, 6) is 0.177. The lowest BCUT2D eigenvalue weighted by molar-refractivity contribution is -0.139. The molecule has 0 aliphatic carbocycles. The fourth-order valence-electron chi connectivity index (χ4n) is 4.19. The van der Waals surface area contributed by atoms with E-state index < -0.39 is 17.5 Å². The van der Waals surface area contributed by atoms with E-state index in [0.29, 0.717) is 48.1 Å². The van der Waals surface area contributed by atoms with Crippen molar-refractivity contribution in [1.29, 1.82) is 0 Å². The smallest absolute Gasteiger partial charge is 0.325 e. The number of carbonyl (C=O) groups is 4. The van der Waals surface area contributed by atoms with Crippen LogP contribution >= 0.6 is 11.3 Å². The molecule has 0 spiro atoms. The van der Waals surface area contributed by atoms with Crippen molar-refractivity contribution in [3.05, 3.63) is 46.2 Å². The van der Waals surface area contributed by atoms with Crippen molar-refractivity contribution in [2.45, 2.75) is 12.5 Å². The minimum absolute atomic E-state index is 0.0503. The largest absolute Gasteiger partial charge is 0.454 e. The van der Waals surface area contributed by atoms with Crippen LogP contribution < -0.4 is 14.8 Å². The number of ether oxygens (including phenoxy) is 2. The van der Waals surface area contributed by atoms with Gasteiger partial charge in [0.15, 0.2) is 11.5 Å². The van der Waals surface area contributed by atoms with Gasteiger partial charge in [-0.25, -0.2) is 4.79 Å².